The van der Waals surface area contributed by atoms with Gasteiger partial charge in [0, 0.05) is 37.8 Å². The number of halogens is 2. The van der Waals surface area contributed by atoms with Crippen molar-refractivity contribution in [2.24, 2.45) is 0 Å². The van der Waals surface area contributed by atoms with Gasteiger partial charge in [-0.05, 0) is 30.7 Å². The Balaban J connectivity index is 1.68. The second-order valence-electron chi connectivity index (χ2n) is 5.87. The summed E-state index contributed by atoms with van der Waals surface area (Å²) >= 11 is 0. The van der Waals surface area contributed by atoms with E-state index < -0.39 is 23.1 Å². The molecule has 1 aliphatic heterocycles. The van der Waals surface area contributed by atoms with Crippen LogP contribution in [0.25, 0.3) is 0 Å². The summed E-state index contributed by atoms with van der Waals surface area (Å²) in [4.78, 5) is 39.0. The highest BCUT2D eigenvalue weighted by atomic mass is 19.2. The number of carbonyl (C=O) groups excluding carboxylic acids is 2. The fourth-order valence-corrected chi connectivity index (χ4v) is 2.76. The van der Waals surface area contributed by atoms with Crippen LogP contribution in [0.1, 0.15) is 27.3 Å². The first kappa shape index (κ1) is 17.7. The Morgan fingerprint density at radius 1 is 0.923 bits per heavy atom. The molecule has 136 valence electrons. The molecule has 7 nitrogen and oxygen atoms in total. The summed E-state index contributed by atoms with van der Waals surface area (Å²) in [5, 5.41) is 5.93. The number of rotatable bonds is 2. The third-order valence-corrected chi connectivity index (χ3v) is 4.14. The molecule has 0 unspecified atom stereocenters. The Kier molecular flexibility index (Phi) is 5.06. The summed E-state index contributed by atoms with van der Waals surface area (Å²) in [6, 6.07) is 5.58. The van der Waals surface area contributed by atoms with Crippen molar-refractivity contribution >= 4 is 11.8 Å². The van der Waals surface area contributed by atoms with Crippen LogP contribution < -0.4 is 5.56 Å². The topological polar surface area (TPSA) is 86.4 Å². The largest absolute Gasteiger partial charge is 0.337 e. The van der Waals surface area contributed by atoms with E-state index in [0.29, 0.717) is 19.5 Å². The quantitative estimate of drug-likeness (QED) is 0.865. The lowest BCUT2D eigenvalue weighted by atomic mass is 10.2. The third kappa shape index (κ3) is 3.76. The van der Waals surface area contributed by atoms with Crippen molar-refractivity contribution in [3.63, 3.8) is 0 Å². The molecule has 0 aliphatic carbocycles. The Hall–Kier alpha value is -3.10. The number of hydrogen-bond donors (Lipinski definition) is 1. The highest BCUT2D eigenvalue weighted by Gasteiger charge is 2.24. The molecule has 1 aromatic carbocycles. The van der Waals surface area contributed by atoms with Gasteiger partial charge in [0.1, 0.15) is 5.69 Å². The molecule has 0 radical (unpaired) electrons. The highest BCUT2D eigenvalue weighted by Crippen LogP contribution is 2.14. The molecule has 26 heavy (non-hydrogen) atoms. The first-order chi connectivity index (χ1) is 12.5. The normalized spacial score (nSPS) is 14.8. The van der Waals surface area contributed by atoms with Crippen LogP contribution in [0.15, 0.2) is 35.1 Å². The number of nitrogens with zero attached hydrogens (tertiary/aromatic N) is 3. The Morgan fingerprint density at radius 3 is 2.23 bits per heavy atom. The van der Waals surface area contributed by atoms with Crippen molar-refractivity contribution in [2.45, 2.75) is 6.42 Å². The molecule has 1 aromatic heterocycles. The lowest BCUT2D eigenvalue weighted by Gasteiger charge is -2.22. The van der Waals surface area contributed by atoms with E-state index in [0.717, 1.165) is 12.1 Å². The van der Waals surface area contributed by atoms with Crippen molar-refractivity contribution < 1.29 is 18.4 Å². The minimum absolute atomic E-state index is 0.0611. The van der Waals surface area contributed by atoms with E-state index in [2.05, 4.69) is 10.2 Å². The van der Waals surface area contributed by atoms with Crippen LogP contribution in [-0.4, -0.2) is 58.0 Å². The highest BCUT2D eigenvalue weighted by molar-refractivity contribution is 5.94. The van der Waals surface area contributed by atoms with Crippen molar-refractivity contribution in [3.8, 4) is 0 Å². The van der Waals surface area contributed by atoms with Gasteiger partial charge in [-0.3, -0.25) is 14.4 Å². The van der Waals surface area contributed by atoms with E-state index in [-0.39, 0.29) is 30.3 Å². The van der Waals surface area contributed by atoms with Gasteiger partial charge in [0.25, 0.3) is 17.4 Å². The Morgan fingerprint density at radius 2 is 1.62 bits per heavy atom. The van der Waals surface area contributed by atoms with E-state index >= 15 is 0 Å². The summed E-state index contributed by atoms with van der Waals surface area (Å²) in [5.74, 6) is -2.85. The smallest absolute Gasteiger partial charge is 0.274 e. The minimum Gasteiger partial charge on any atom is -0.337 e. The molecule has 0 atom stereocenters. The van der Waals surface area contributed by atoms with Gasteiger partial charge >= 0.3 is 0 Å². The second-order valence-corrected chi connectivity index (χ2v) is 5.87. The fourth-order valence-electron chi connectivity index (χ4n) is 2.76. The molecule has 1 saturated heterocycles. The summed E-state index contributed by atoms with van der Waals surface area (Å²) in [6.07, 6.45) is 0.532. The molecular formula is C17H16F2N4O3. The predicted molar refractivity (Wildman–Crippen MR) is 87.6 cm³/mol. The van der Waals surface area contributed by atoms with Gasteiger partial charge in [0.2, 0.25) is 0 Å². The number of amides is 2. The number of carbonyl (C=O) groups is 2. The van der Waals surface area contributed by atoms with Crippen LogP contribution in [0.4, 0.5) is 8.78 Å². The van der Waals surface area contributed by atoms with Crippen LogP contribution in [0.3, 0.4) is 0 Å². The lowest BCUT2D eigenvalue weighted by molar-refractivity contribution is 0.0714. The molecule has 2 heterocycles. The first-order valence-corrected chi connectivity index (χ1v) is 8.05. The Bertz CT molecular complexity index is 879. The summed E-state index contributed by atoms with van der Waals surface area (Å²) in [5.41, 5.74) is -0.225. The number of benzene rings is 1. The molecule has 0 bridgehead atoms. The van der Waals surface area contributed by atoms with Crippen LogP contribution in [0.5, 0.6) is 0 Å². The first-order valence-electron chi connectivity index (χ1n) is 8.05. The zero-order valence-electron chi connectivity index (χ0n) is 13.7. The van der Waals surface area contributed by atoms with Gasteiger partial charge in [-0.15, -0.1) is 0 Å². The number of nitrogens with one attached hydrogen (secondary N) is 1. The van der Waals surface area contributed by atoms with Gasteiger partial charge in [-0.25, -0.2) is 13.9 Å². The fraction of sp³-hybridized carbons (Fsp3) is 0.294. The van der Waals surface area contributed by atoms with Crippen molar-refractivity contribution in [1.29, 1.82) is 0 Å². The van der Waals surface area contributed by atoms with Gasteiger partial charge in [-0.1, -0.05) is 0 Å². The van der Waals surface area contributed by atoms with E-state index in [9.17, 15) is 23.2 Å². The molecule has 2 aromatic rings. The van der Waals surface area contributed by atoms with Gasteiger partial charge in [-0.2, -0.15) is 5.10 Å². The molecule has 1 aliphatic rings. The minimum atomic E-state index is -1.08. The average molecular weight is 362 g/mol. The van der Waals surface area contributed by atoms with E-state index in [1.54, 1.807) is 4.90 Å². The third-order valence-electron chi connectivity index (χ3n) is 4.14. The number of aromatic amines is 1. The predicted octanol–water partition coefficient (Wildman–Crippen LogP) is 1.04. The van der Waals surface area contributed by atoms with Gasteiger partial charge in [0.15, 0.2) is 11.6 Å². The maximum atomic E-state index is 13.3. The maximum absolute atomic E-state index is 13.3. The molecule has 0 spiro atoms. The molecule has 9 heteroatoms. The van der Waals surface area contributed by atoms with E-state index in [1.807, 2.05) is 0 Å². The molecular weight excluding hydrogens is 346 g/mol. The number of aromatic nitrogens is 2. The standard InChI is InChI=1S/C17H16F2N4O3/c18-12-3-2-11(10-13(12)19)16(25)22-6-1-7-23(9-8-22)17(26)14-4-5-15(24)21-20-14/h2-5,10H,1,6-9H2,(H,21,24). The van der Waals surface area contributed by atoms with Gasteiger partial charge in [0.05, 0.1) is 0 Å². The second kappa shape index (κ2) is 7.42. The number of H-pyrrole nitrogens is 1. The summed E-state index contributed by atoms with van der Waals surface area (Å²) < 4.78 is 26.4. The van der Waals surface area contributed by atoms with Crippen molar-refractivity contribution in [3.05, 3.63) is 63.6 Å². The van der Waals surface area contributed by atoms with Crippen molar-refractivity contribution in [1.82, 2.24) is 20.0 Å². The molecule has 1 fully saturated rings. The molecule has 2 amide bonds. The molecule has 3 rings (SSSR count). The monoisotopic (exact) mass is 362 g/mol. The van der Waals surface area contributed by atoms with Crippen LogP contribution in [0, 0.1) is 11.6 Å². The SMILES string of the molecule is O=C(c1ccc(F)c(F)c1)N1CCCN(C(=O)c2ccc(=O)[nH]n2)CC1. The molecule has 1 N–H and O–H groups in total. The van der Waals surface area contributed by atoms with Gasteiger partial charge < -0.3 is 9.80 Å². The molecule has 0 saturated carbocycles. The lowest BCUT2D eigenvalue weighted by Crippen LogP contribution is -2.38. The number of hydrogen-bond acceptors (Lipinski definition) is 4. The van der Waals surface area contributed by atoms with Crippen molar-refractivity contribution in [2.75, 3.05) is 26.2 Å². The zero-order valence-corrected chi connectivity index (χ0v) is 13.7. The summed E-state index contributed by atoms with van der Waals surface area (Å²) in [6.45, 7) is 1.34. The van der Waals surface area contributed by atoms with Crippen LogP contribution >= 0.6 is 0 Å². The summed E-state index contributed by atoms with van der Waals surface area (Å²) in [7, 11) is 0. The van der Waals surface area contributed by atoms with E-state index in [1.165, 1.54) is 23.1 Å². The van der Waals surface area contributed by atoms with Crippen LogP contribution in [0.2, 0.25) is 0 Å². The maximum Gasteiger partial charge on any atom is 0.274 e. The zero-order chi connectivity index (χ0) is 18.7. The van der Waals surface area contributed by atoms with E-state index in [4.69, 9.17) is 0 Å². The van der Waals surface area contributed by atoms with Crippen LogP contribution in [-0.2, 0) is 0 Å². The average Bonchev–Trinajstić information content (AvgIpc) is 2.89. The Labute approximate surface area is 147 Å².